The van der Waals surface area contributed by atoms with Gasteiger partial charge in [0.25, 0.3) is 17.7 Å². The third-order valence-corrected chi connectivity index (χ3v) is 4.85. The maximum Gasteiger partial charge on any atom is 0.271 e. The highest BCUT2D eigenvalue weighted by molar-refractivity contribution is 6.35. The van der Waals surface area contributed by atoms with Gasteiger partial charge in [0.2, 0.25) is 0 Å². The van der Waals surface area contributed by atoms with Crippen LogP contribution in [0.15, 0.2) is 48.5 Å². The molecule has 2 aromatic carbocycles. The minimum absolute atomic E-state index is 0.128. The monoisotopic (exact) mass is 421 g/mol. The summed E-state index contributed by atoms with van der Waals surface area (Å²) in [5.74, 6) is -1.67. The van der Waals surface area contributed by atoms with Gasteiger partial charge >= 0.3 is 0 Å². The van der Waals surface area contributed by atoms with E-state index in [0.717, 1.165) is 0 Å². The molecule has 0 aliphatic rings. The van der Waals surface area contributed by atoms with Crippen molar-refractivity contribution in [2.24, 2.45) is 5.92 Å². The highest BCUT2D eigenvalue weighted by Gasteiger charge is 2.27. The number of hydrogen-bond donors (Lipinski definition) is 3. The minimum Gasteiger partial charge on any atom is -0.340 e. The second-order valence-electron chi connectivity index (χ2n) is 6.27. The molecule has 0 spiro atoms. The van der Waals surface area contributed by atoms with Crippen LogP contribution in [-0.4, -0.2) is 23.8 Å². The summed E-state index contributed by atoms with van der Waals surface area (Å²) < 4.78 is 0. The van der Waals surface area contributed by atoms with Gasteiger partial charge in [-0.1, -0.05) is 61.7 Å². The molecule has 0 radical (unpaired) electrons. The molecule has 0 unspecified atom stereocenters. The molecule has 2 atom stereocenters. The first kappa shape index (κ1) is 21.7. The fourth-order valence-corrected chi connectivity index (χ4v) is 2.83. The number of halogens is 2. The molecule has 3 N–H and O–H groups in total. The van der Waals surface area contributed by atoms with Gasteiger partial charge in [0, 0.05) is 10.6 Å². The highest BCUT2D eigenvalue weighted by Crippen LogP contribution is 2.20. The second kappa shape index (κ2) is 10.1. The zero-order valence-electron chi connectivity index (χ0n) is 15.5. The number of nitrogens with one attached hydrogen (secondary N) is 3. The fraction of sp³-hybridized carbons (Fsp3) is 0.250. The Bertz CT molecular complexity index is 859. The Labute approximate surface area is 173 Å². The number of carbonyl (C=O) groups excluding carboxylic acids is 3. The molecule has 0 aliphatic carbocycles. The maximum absolute atomic E-state index is 12.6. The van der Waals surface area contributed by atoms with Crippen LogP contribution in [0.5, 0.6) is 0 Å². The SMILES string of the molecule is CC[C@H](C)[C@H](NC(=O)c1ccccc1)C(=O)NNC(=O)c1cc(Cl)ccc1Cl. The second-order valence-corrected chi connectivity index (χ2v) is 7.11. The normalized spacial score (nSPS) is 12.6. The van der Waals surface area contributed by atoms with Crippen molar-refractivity contribution >= 4 is 40.9 Å². The zero-order valence-corrected chi connectivity index (χ0v) is 17.0. The van der Waals surface area contributed by atoms with E-state index < -0.39 is 17.9 Å². The molecule has 0 saturated carbocycles. The van der Waals surface area contributed by atoms with Crippen LogP contribution in [0.4, 0.5) is 0 Å². The Morgan fingerprint density at radius 3 is 2.29 bits per heavy atom. The molecule has 0 aromatic heterocycles. The quantitative estimate of drug-likeness (QED) is 0.622. The van der Waals surface area contributed by atoms with E-state index in [2.05, 4.69) is 16.2 Å². The molecule has 28 heavy (non-hydrogen) atoms. The number of amides is 3. The topological polar surface area (TPSA) is 87.3 Å². The maximum atomic E-state index is 12.6. The largest absolute Gasteiger partial charge is 0.340 e. The Morgan fingerprint density at radius 1 is 0.964 bits per heavy atom. The van der Waals surface area contributed by atoms with Crippen molar-refractivity contribution in [2.75, 3.05) is 0 Å². The zero-order chi connectivity index (χ0) is 20.7. The fourth-order valence-electron chi connectivity index (χ4n) is 2.45. The first-order valence-corrected chi connectivity index (χ1v) is 9.50. The van der Waals surface area contributed by atoms with Crippen LogP contribution in [-0.2, 0) is 4.79 Å². The van der Waals surface area contributed by atoms with Gasteiger partial charge in [-0.3, -0.25) is 25.2 Å². The van der Waals surface area contributed by atoms with Crippen LogP contribution in [0.1, 0.15) is 41.0 Å². The van der Waals surface area contributed by atoms with E-state index in [4.69, 9.17) is 23.2 Å². The van der Waals surface area contributed by atoms with E-state index in [-0.39, 0.29) is 22.4 Å². The molecule has 0 bridgehead atoms. The summed E-state index contributed by atoms with van der Waals surface area (Å²) in [5, 5.41) is 3.26. The van der Waals surface area contributed by atoms with Crippen LogP contribution in [0.3, 0.4) is 0 Å². The van der Waals surface area contributed by atoms with Crippen LogP contribution in [0, 0.1) is 5.92 Å². The summed E-state index contributed by atoms with van der Waals surface area (Å²) in [4.78, 5) is 37.3. The summed E-state index contributed by atoms with van der Waals surface area (Å²) in [6.07, 6.45) is 0.654. The highest BCUT2D eigenvalue weighted by atomic mass is 35.5. The minimum atomic E-state index is -0.826. The summed E-state index contributed by atoms with van der Waals surface area (Å²) in [5.41, 5.74) is 5.22. The van der Waals surface area contributed by atoms with Crippen molar-refractivity contribution in [1.82, 2.24) is 16.2 Å². The average molecular weight is 422 g/mol. The Balaban J connectivity index is 2.05. The van der Waals surface area contributed by atoms with Crippen molar-refractivity contribution in [3.05, 3.63) is 69.7 Å². The van der Waals surface area contributed by atoms with Crippen molar-refractivity contribution in [3.63, 3.8) is 0 Å². The van der Waals surface area contributed by atoms with Gasteiger partial charge in [0.15, 0.2) is 0 Å². The van der Waals surface area contributed by atoms with E-state index in [9.17, 15) is 14.4 Å². The predicted molar refractivity (Wildman–Crippen MR) is 109 cm³/mol. The van der Waals surface area contributed by atoms with E-state index >= 15 is 0 Å². The van der Waals surface area contributed by atoms with Gasteiger partial charge in [-0.05, 0) is 36.2 Å². The number of hydrogen-bond acceptors (Lipinski definition) is 3. The third kappa shape index (κ3) is 5.71. The van der Waals surface area contributed by atoms with E-state index in [1.807, 2.05) is 13.8 Å². The number of carbonyl (C=O) groups is 3. The summed E-state index contributed by atoms with van der Waals surface area (Å²) in [7, 11) is 0. The number of benzene rings is 2. The molecule has 0 saturated heterocycles. The predicted octanol–water partition coefficient (Wildman–Crippen LogP) is 3.60. The molecule has 148 valence electrons. The Morgan fingerprint density at radius 2 is 1.64 bits per heavy atom. The van der Waals surface area contributed by atoms with Crippen LogP contribution >= 0.6 is 23.2 Å². The van der Waals surface area contributed by atoms with Gasteiger partial charge in [-0.15, -0.1) is 0 Å². The van der Waals surface area contributed by atoms with Gasteiger partial charge < -0.3 is 5.32 Å². The third-order valence-electron chi connectivity index (χ3n) is 4.29. The van der Waals surface area contributed by atoms with Gasteiger partial charge in [-0.25, -0.2) is 0 Å². The molecule has 2 aromatic rings. The molecular weight excluding hydrogens is 401 g/mol. The summed E-state index contributed by atoms with van der Waals surface area (Å²) >= 11 is 11.9. The van der Waals surface area contributed by atoms with Gasteiger partial charge in [0.1, 0.15) is 6.04 Å². The van der Waals surface area contributed by atoms with Crippen LogP contribution < -0.4 is 16.2 Å². The molecule has 0 heterocycles. The Kier molecular flexibility index (Phi) is 7.84. The molecule has 6 nitrogen and oxygen atoms in total. The summed E-state index contributed by atoms with van der Waals surface area (Å²) in [6.45, 7) is 3.75. The van der Waals surface area contributed by atoms with Crippen molar-refractivity contribution in [2.45, 2.75) is 26.3 Å². The average Bonchev–Trinajstić information content (AvgIpc) is 2.71. The van der Waals surface area contributed by atoms with Crippen molar-refractivity contribution in [3.8, 4) is 0 Å². The number of rotatable bonds is 6. The van der Waals surface area contributed by atoms with E-state index in [1.54, 1.807) is 36.4 Å². The molecule has 3 amide bonds. The van der Waals surface area contributed by atoms with Crippen molar-refractivity contribution in [1.29, 1.82) is 0 Å². The van der Waals surface area contributed by atoms with Crippen LogP contribution in [0.25, 0.3) is 0 Å². The van der Waals surface area contributed by atoms with Gasteiger partial charge in [-0.2, -0.15) is 0 Å². The smallest absolute Gasteiger partial charge is 0.271 e. The lowest BCUT2D eigenvalue weighted by Crippen LogP contribution is -2.54. The van der Waals surface area contributed by atoms with E-state index in [1.165, 1.54) is 12.1 Å². The lowest BCUT2D eigenvalue weighted by atomic mass is 9.98. The summed E-state index contributed by atoms with van der Waals surface area (Å²) in [6, 6.07) is 12.2. The number of hydrazine groups is 1. The molecule has 8 heteroatoms. The molecular formula is C20H21Cl2N3O3. The molecule has 2 rings (SSSR count). The van der Waals surface area contributed by atoms with Crippen molar-refractivity contribution < 1.29 is 14.4 Å². The lowest BCUT2D eigenvalue weighted by molar-refractivity contribution is -0.124. The van der Waals surface area contributed by atoms with Gasteiger partial charge in [0.05, 0.1) is 10.6 Å². The van der Waals surface area contributed by atoms with E-state index in [0.29, 0.717) is 17.0 Å². The van der Waals surface area contributed by atoms with Crippen LogP contribution in [0.2, 0.25) is 10.0 Å². The molecule has 0 fully saturated rings. The molecule has 0 aliphatic heterocycles. The lowest BCUT2D eigenvalue weighted by Gasteiger charge is -2.23. The Hall–Kier alpha value is -2.57. The first-order chi connectivity index (χ1) is 13.3. The first-order valence-electron chi connectivity index (χ1n) is 8.74. The standard InChI is InChI=1S/C20H21Cl2N3O3/c1-3-12(2)17(23-18(26)13-7-5-4-6-8-13)20(28)25-24-19(27)15-11-14(21)9-10-16(15)22/h4-12,17H,3H2,1-2H3,(H,23,26)(H,24,27)(H,25,28)/t12-,17-/m0/s1.